The summed E-state index contributed by atoms with van der Waals surface area (Å²) < 4.78 is 5.45. The molecule has 3 N–H and O–H groups in total. The first-order valence-corrected chi connectivity index (χ1v) is 6.34. The predicted octanol–water partition coefficient (Wildman–Crippen LogP) is 1.93. The molecular formula is C13H19ClN2O. The molecule has 2 rings (SSSR count). The van der Waals surface area contributed by atoms with Crippen LogP contribution in [0.1, 0.15) is 18.4 Å². The van der Waals surface area contributed by atoms with Crippen LogP contribution in [-0.4, -0.2) is 26.7 Å². The van der Waals surface area contributed by atoms with Crippen LogP contribution in [0.2, 0.25) is 5.02 Å². The summed E-state index contributed by atoms with van der Waals surface area (Å²) in [6, 6.07) is 5.78. The number of rotatable bonds is 3. The first kappa shape index (κ1) is 12.7. The third-order valence-corrected chi connectivity index (χ3v) is 3.92. The van der Waals surface area contributed by atoms with E-state index in [2.05, 4.69) is 5.32 Å². The van der Waals surface area contributed by atoms with Gasteiger partial charge < -0.3 is 15.8 Å². The second kappa shape index (κ2) is 5.25. The van der Waals surface area contributed by atoms with Crippen molar-refractivity contribution in [3.05, 3.63) is 28.8 Å². The highest BCUT2D eigenvalue weighted by atomic mass is 35.5. The monoisotopic (exact) mass is 254 g/mol. The van der Waals surface area contributed by atoms with E-state index < -0.39 is 0 Å². The van der Waals surface area contributed by atoms with Gasteiger partial charge in [0.2, 0.25) is 0 Å². The van der Waals surface area contributed by atoms with Crippen molar-refractivity contribution in [3.8, 4) is 5.75 Å². The Morgan fingerprint density at radius 3 is 2.71 bits per heavy atom. The maximum atomic E-state index is 6.10. The molecule has 0 radical (unpaired) electrons. The summed E-state index contributed by atoms with van der Waals surface area (Å²) in [4.78, 5) is 0. The van der Waals surface area contributed by atoms with Gasteiger partial charge >= 0.3 is 0 Å². The molecule has 0 unspecified atom stereocenters. The molecule has 1 aromatic rings. The Balaban J connectivity index is 2.44. The van der Waals surface area contributed by atoms with E-state index in [4.69, 9.17) is 22.1 Å². The summed E-state index contributed by atoms with van der Waals surface area (Å²) in [7, 11) is 1.69. The fourth-order valence-electron chi connectivity index (χ4n) is 2.58. The second-order valence-corrected chi connectivity index (χ2v) is 5.02. The summed E-state index contributed by atoms with van der Waals surface area (Å²) in [6.45, 7) is 2.62. The lowest BCUT2D eigenvalue weighted by Crippen LogP contribution is -2.45. The van der Waals surface area contributed by atoms with Gasteiger partial charge in [0.05, 0.1) is 7.11 Å². The van der Waals surface area contributed by atoms with Crippen LogP contribution >= 0.6 is 11.6 Å². The van der Waals surface area contributed by atoms with Gasteiger partial charge in [0.15, 0.2) is 0 Å². The van der Waals surface area contributed by atoms with Crippen LogP contribution in [0.5, 0.6) is 5.75 Å². The Bertz CT molecular complexity index is 389. The van der Waals surface area contributed by atoms with Crippen LogP contribution in [0.15, 0.2) is 18.2 Å². The van der Waals surface area contributed by atoms with Crippen molar-refractivity contribution in [3.63, 3.8) is 0 Å². The highest BCUT2D eigenvalue weighted by molar-refractivity contribution is 6.30. The Labute approximate surface area is 107 Å². The maximum Gasteiger partial charge on any atom is 0.122 e. The Morgan fingerprint density at radius 1 is 1.41 bits per heavy atom. The van der Waals surface area contributed by atoms with E-state index in [1.165, 1.54) is 0 Å². The smallest absolute Gasteiger partial charge is 0.122 e. The number of ether oxygens (including phenoxy) is 1. The van der Waals surface area contributed by atoms with Gasteiger partial charge in [0.25, 0.3) is 0 Å². The molecule has 3 nitrogen and oxygen atoms in total. The van der Waals surface area contributed by atoms with Gasteiger partial charge in [-0.3, -0.25) is 0 Å². The van der Waals surface area contributed by atoms with Crippen molar-refractivity contribution < 1.29 is 4.74 Å². The summed E-state index contributed by atoms with van der Waals surface area (Å²) in [6.07, 6.45) is 2.06. The van der Waals surface area contributed by atoms with Crippen LogP contribution in [0.25, 0.3) is 0 Å². The quantitative estimate of drug-likeness (QED) is 0.867. The summed E-state index contributed by atoms with van der Waals surface area (Å²) in [5, 5.41) is 4.11. The van der Waals surface area contributed by atoms with E-state index in [0.717, 1.165) is 42.3 Å². The second-order valence-electron chi connectivity index (χ2n) is 4.58. The van der Waals surface area contributed by atoms with Crippen molar-refractivity contribution in [2.75, 3.05) is 26.7 Å². The van der Waals surface area contributed by atoms with Gasteiger partial charge in [0.1, 0.15) is 5.75 Å². The number of halogens is 1. The van der Waals surface area contributed by atoms with E-state index in [-0.39, 0.29) is 5.41 Å². The molecule has 1 aliphatic heterocycles. The van der Waals surface area contributed by atoms with Crippen molar-refractivity contribution in [1.29, 1.82) is 0 Å². The Hall–Kier alpha value is -0.770. The van der Waals surface area contributed by atoms with Gasteiger partial charge in [-0.05, 0) is 44.1 Å². The van der Waals surface area contributed by atoms with Crippen LogP contribution in [-0.2, 0) is 5.41 Å². The first-order valence-electron chi connectivity index (χ1n) is 5.97. The molecule has 0 aromatic heterocycles. The van der Waals surface area contributed by atoms with Gasteiger partial charge in [0, 0.05) is 22.5 Å². The molecule has 0 atom stereocenters. The van der Waals surface area contributed by atoms with E-state index in [9.17, 15) is 0 Å². The lowest BCUT2D eigenvalue weighted by atomic mass is 9.73. The number of benzene rings is 1. The molecular weight excluding hydrogens is 236 g/mol. The first-order chi connectivity index (χ1) is 8.22. The third kappa shape index (κ3) is 2.41. The predicted molar refractivity (Wildman–Crippen MR) is 70.8 cm³/mol. The highest BCUT2D eigenvalue weighted by Crippen LogP contribution is 2.39. The molecule has 0 aliphatic carbocycles. The SMILES string of the molecule is COc1ccc(Cl)cc1C1(CN)CCNCC1. The van der Waals surface area contributed by atoms with Crippen molar-refractivity contribution in [2.45, 2.75) is 18.3 Å². The molecule has 1 saturated heterocycles. The Morgan fingerprint density at radius 2 is 2.12 bits per heavy atom. The lowest BCUT2D eigenvalue weighted by Gasteiger charge is -2.38. The molecule has 1 aromatic carbocycles. The molecule has 4 heteroatoms. The number of piperidine rings is 1. The van der Waals surface area contributed by atoms with E-state index in [1.807, 2.05) is 18.2 Å². The molecule has 1 fully saturated rings. The van der Waals surface area contributed by atoms with Crippen LogP contribution < -0.4 is 15.8 Å². The van der Waals surface area contributed by atoms with Crippen LogP contribution in [0, 0.1) is 0 Å². The van der Waals surface area contributed by atoms with E-state index in [1.54, 1.807) is 7.11 Å². The molecule has 94 valence electrons. The summed E-state index contributed by atoms with van der Waals surface area (Å²) >= 11 is 6.10. The molecule has 0 bridgehead atoms. The number of hydrogen-bond donors (Lipinski definition) is 2. The normalized spacial score (nSPS) is 19.0. The van der Waals surface area contributed by atoms with Crippen LogP contribution in [0.4, 0.5) is 0 Å². The fourth-order valence-corrected chi connectivity index (χ4v) is 2.76. The molecule has 1 heterocycles. The largest absolute Gasteiger partial charge is 0.496 e. The molecule has 0 amide bonds. The van der Waals surface area contributed by atoms with Gasteiger partial charge in [-0.2, -0.15) is 0 Å². The minimum Gasteiger partial charge on any atom is -0.496 e. The van der Waals surface area contributed by atoms with Gasteiger partial charge in [-0.25, -0.2) is 0 Å². The Kier molecular flexibility index (Phi) is 3.92. The standard InChI is InChI=1S/C13H19ClN2O/c1-17-12-3-2-10(14)8-11(12)13(9-15)4-6-16-7-5-13/h2-3,8,16H,4-7,9,15H2,1H3. The van der Waals surface area contributed by atoms with Gasteiger partial charge in [-0.1, -0.05) is 11.6 Å². The average molecular weight is 255 g/mol. The van der Waals surface area contributed by atoms with Crippen molar-refractivity contribution >= 4 is 11.6 Å². The summed E-state index contributed by atoms with van der Waals surface area (Å²) in [5.74, 6) is 0.891. The zero-order valence-electron chi connectivity index (χ0n) is 10.1. The maximum absolute atomic E-state index is 6.10. The topological polar surface area (TPSA) is 47.3 Å². The molecule has 0 saturated carbocycles. The lowest BCUT2D eigenvalue weighted by molar-refractivity contribution is 0.300. The number of methoxy groups -OCH3 is 1. The number of nitrogens with two attached hydrogens (primary N) is 1. The zero-order valence-corrected chi connectivity index (χ0v) is 10.9. The van der Waals surface area contributed by atoms with E-state index >= 15 is 0 Å². The zero-order chi connectivity index (χ0) is 12.3. The minimum atomic E-state index is 0.00148. The van der Waals surface area contributed by atoms with Gasteiger partial charge in [-0.15, -0.1) is 0 Å². The summed E-state index contributed by atoms with van der Waals surface area (Å²) in [5.41, 5.74) is 7.17. The van der Waals surface area contributed by atoms with Crippen molar-refractivity contribution in [2.24, 2.45) is 5.73 Å². The minimum absolute atomic E-state index is 0.00148. The fraction of sp³-hybridized carbons (Fsp3) is 0.538. The molecule has 0 spiro atoms. The van der Waals surface area contributed by atoms with E-state index in [0.29, 0.717) is 6.54 Å². The van der Waals surface area contributed by atoms with Crippen molar-refractivity contribution in [1.82, 2.24) is 5.32 Å². The third-order valence-electron chi connectivity index (χ3n) is 3.68. The number of hydrogen-bond acceptors (Lipinski definition) is 3. The highest BCUT2D eigenvalue weighted by Gasteiger charge is 2.35. The average Bonchev–Trinajstić information content (AvgIpc) is 2.39. The molecule has 17 heavy (non-hydrogen) atoms. The number of nitrogens with one attached hydrogen (secondary N) is 1. The molecule has 1 aliphatic rings. The van der Waals surface area contributed by atoms with Crippen LogP contribution in [0.3, 0.4) is 0 Å².